The topological polar surface area (TPSA) is 37.8 Å². The van der Waals surface area contributed by atoms with Crippen molar-refractivity contribution < 1.29 is 0 Å². The minimum atomic E-state index is 0.533. The summed E-state index contributed by atoms with van der Waals surface area (Å²) in [6, 6.07) is 5.78. The van der Waals surface area contributed by atoms with Crippen LogP contribution in [0, 0.1) is 0 Å². The van der Waals surface area contributed by atoms with Crippen LogP contribution in [-0.4, -0.2) is 8.75 Å². The summed E-state index contributed by atoms with van der Waals surface area (Å²) < 4.78 is 8.41. The summed E-state index contributed by atoms with van der Waals surface area (Å²) in [5.41, 5.74) is 2.21. The fourth-order valence-electron chi connectivity index (χ4n) is 1.63. The fraction of sp³-hybridized carbons (Fsp3) is 0.0909. The number of nitrogens with one attached hydrogen (secondary N) is 1. The molecule has 2 aromatic heterocycles. The zero-order chi connectivity index (χ0) is 12.5. The van der Waals surface area contributed by atoms with Gasteiger partial charge in [-0.1, -0.05) is 29.3 Å². The van der Waals surface area contributed by atoms with Gasteiger partial charge in [0.15, 0.2) is 0 Å². The van der Waals surface area contributed by atoms with Crippen LogP contribution in [0.4, 0.5) is 5.69 Å². The quantitative estimate of drug-likeness (QED) is 0.763. The Bertz CT molecular complexity index is 679. The highest BCUT2D eigenvalue weighted by Crippen LogP contribution is 2.35. The normalized spacial score (nSPS) is 11.0. The second-order valence-corrected chi connectivity index (χ2v) is 5.98. The summed E-state index contributed by atoms with van der Waals surface area (Å²) in [4.78, 5) is 1.23. The Morgan fingerprint density at radius 2 is 2.00 bits per heavy atom. The van der Waals surface area contributed by atoms with E-state index in [1.807, 2.05) is 11.4 Å². The number of fused-ring (bicyclic) bond motifs is 1. The average molecular weight is 316 g/mol. The lowest BCUT2D eigenvalue weighted by Crippen LogP contribution is -1.99. The second kappa shape index (κ2) is 5.01. The van der Waals surface area contributed by atoms with E-state index in [-0.39, 0.29) is 0 Å². The molecule has 0 fully saturated rings. The van der Waals surface area contributed by atoms with E-state index >= 15 is 0 Å². The maximum Gasteiger partial charge on any atom is 0.130 e. The van der Waals surface area contributed by atoms with Gasteiger partial charge in [-0.2, -0.15) is 8.75 Å². The van der Waals surface area contributed by atoms with Crippen LogP contribution >= 0.6 is 46.3 Å². The minimum absolute atomic E-state index is 0.533. The van der Waals surface area contributed by atoms with E-state index in [9.17, 15) is 0 Å². The highest BCUT2D eigenvalue weighted by Gasteiger charge is 2.13. The Balaban J connectivity index is 1.98. The van der Waals surface area contributed by atoms with Crippen molar-refractivity contribution >= 4 is 63.0 Å². The summed E-state index contributed by atoms with van der Waals surface area (Å²) in [5, 5.41) is 6.44. The predicted molar refractivity (Wildman–Crippen MR) is 79.1 cm³/mol. The molecule has 1 N–H and O–H groups in total. The fourth-order valence-corrected chi connectivity index (χ4v) is 3.45. The molecule has 92 valence electrons. The summed E-state index contributed by atoms with van der Waals surface area (Å²) in [6.07, 6.45) is 0. The smallest absolute Gasteiger partial charge is 0.130 e. The summed E-state index contributed by atoms with van der Waals surface area (Å²) in [7, 11) is 0. The van der Waals surface area contributed by atoms with Crippen molar-refractivity contribution in [1.29, 1.82) is 0 Å². The van der Waals surface area contributed by atoms with Gasteiger partial charge in [0.25, 0.3) is 0 Å². The summed E-state index contributed by atoms with van der Waals surface area (Å²) in [5.74, 6) is 0. The molecule has 0 bridgehead atoms. The van der Waals surface area contributed by atoms with E-state index in [1.54, 1.807) is 17.4 Å². The van der Waals surface area contributed by atoms with Crippen LogP contribution in [0.2, 0.25) is 10.0 Å². The summed E-state index contributed by atoms with van der Waals surface area (Å²) >= 11 is 15.1. The van der Waals surface area contributed by atoms with Crippen molar-refractivity contribution in [2.24, 2.45) is 0 Å². The third-order valence-corrected chi connectivity index (χ3v) is 4.45. The van der Waals surface area contributed by atoms with Crippen molar-refractivity contribution in [1.82, 2.24) is 8.75 Å². The molecule has 0 amide bonds. The number of halogens is 2. The highest BCUT2D eigenvalue weighted by atomic mass is 35.5. The molecule has 3 rings (SSSR count). The lowest BCUT2D eigenvalue weighted by atomic mass is 10.2. The molecule has 2 heterocycles. The molecule has 0 radical (unpaired) electrons. The van der Waals surface area contributed by atoms with Gasteiger partial charge in [0.1, 0.15) is 11.0 Å². The van der Waals surface area contributed by atoms with Gasteiger partial charge in [0.05, 0.1) is 27.5 Å². The Labute approximate surface area is 122 Å². The molecule has 3 aromatic rings. The lowest BCUT2D eigenvalue weighted by molar-refractivity contribution is 1.20. The molecule has 18 heavy (non-hydrogen) atoms. The van der Waals surface area contributed by atoms with Crippen molar-refractivity contribution in [2.75, 3.05) is 5.32 Å². The molecule has 0 saturated heterocycles. The second-order valence-electron chi connectivity index (χ2n) is 3.61. The van der Waals surface area contributed by atoms with E-state index < -0.39 is 0 Å². The van der Waals surface area contributed by atoms with Crippen LogP contribution in [0.3, 0.4) is 0 Å². The van der Waals surface area contributed by atoms with Crippen molar-refractivity contribution in [3.63, 3.8) is 0 Å². The first-order chi connectivity index (χ1) is 8.75. The standard InChI is InChI=1S/C11H7Cl2N3S2/c12-7-4-8(13)10-11(16-18-15-10)9(7)14-5-6-2-1-3-17-6/h1-4,14H,5H2. The van der Waals surface area contributed by atoms with E-state index in [0.717, 1.165) is 22.9 Å². The Hall–Kier alpha value is -0.880. The maximum absolute atomic E-state index is 6.20. The number of rotatable bonds is 3. The van der Waals surface area contributed by atoms with Gasteiger partial charge < -0.3 is 5.32 Å². The number of hydrogen-bond acceptors (Lipinski definition) is 5. The van der Waals surface area contributed by atoms with Crippen LogP contribution in [0.25, 0.3) is 11.0 Å². The average Bonchev–Trinajstić information content (AvgIpc) is 2.98. The van der Waals surface area contributed by atoms with E-state index in [4.69, 9.17) is 23.2 Å². The molecule has 0 atom stereocenters. The maximum atomic E-state index is 6.20. The molecule has 0 spiro atoms. The number of anilines is 1. The van der Waals surface area contributed by atoms with Gasteiger partial charge in [0.2, 0.25) is 0 Å². The Morgan fingerprint density at radius 3 is 2.78 bits per heavy atom. The van der Waals surface area contributed by atoms with E-state index in [2.05, 4.69) is 20.1 Å². The van der Waals surface area contributed by atoms with Crippen LogP contribution in [0.15, 0.2) is 23.6 Å². The lowest BCUT2D eigenvalue weighted by Gasteiger charge is -2.08. The van der Waals surface area contributed by atoms with E-state index in [1.165, 1.54) is 4.88 Å². The number of hydrogen-bond donors (Lipinski definition) is 1. The molecule has 0 aliphatic heterocycles. The van der Waals surface area contributed by atoms with Gasteiger partial charge in [-0.05, 0) is 17.5 Å². The molecule has 7 heteroatoms. The zero-order valence-corrected chi connectivity index (χ0v) is 12.1. The van der Waals surface area contributed by atoms with Gasteiger partial charge >= 0.3 is 0 Å². The first-order valence-corrected chi connectivity index (χ1v) is 7.49. The predicted octanol–water partition coefficient (Wildman–Crippen LogP) is 4.67. The number of benzene rings is 1. The van der Waals surface area contributed by atoms with Gasteiger partial charge in [-0.15, -0.1) is 11.3 Å². The Morgan fingerprint density at radius 1 is 1.17 bits per heavy atom. The molecular weight excluding hydrogens is 309 g/mol. The van der Waals surface area contributed by atoms with Gasteiger partial charge in [0, 0.05) is 11.4 Å². The molecule has 0 saturated carbocycles. The van der Waals surface area contributed by atoms with Gasteiger partial charge in [-0.3, -0.25) is 0 Å². The SMILES string of the molecule is Clc1cc(Cl)c2nsnc2c1NCc1cccs1. The first-order valence-electron chi connectivity index (χ1n) is 5.12. The third-order valence-electron chi connectivity index (χ3n) is 2.46. The van der Waals surface area contributed by atoms with Crippen molar-refractivity contribution in [3.8, 4) is 0 Å². The molecule has 3 nitrogen and oxygen atoms in total. The van der Waals surface area contributed by atoms with Gasteiger partial charge in [-0.25, -0.2) is 0 Å². The first kappa shape index (κ1) is 12.2. The largest absolute Gasteiger partial charge is 0.377 e. The van der Waals surface area contributed by atoms with Crippen LogP contribution in [0.5, 0.6) is 0 Å². The molecule has 0 aliphatic rings. The molecular formula is C11H7Cl2N3S2. The number of nitrogens with zero attached hydrogens (tertiary/aromatic N) is 2. The zero-order valence-electron chi connectivity index (χ0n) is 8.98. The molecule has 1 aromatic carbocycles. The number of aromatic nitrogens is 2. The van der Waals surface area contributed by atoms with Crippen molar-refractivity contribution in [2.45, 2.75) is 6.54 Å². The van der Waals surface area contributed by atoms with E-state index in [0.29, 0.717) is 22.1 Å². The monoisotopic (exact) mass is 315 g/mol. The highest BCUT2D eigenvalue weighted by molar-refractivity contribution is 7.09. The summed E-state index contributed by atoms with van der Waals surface area (Å²) in [6.45, 7) is 0.714. The minimum Gasteiger partial charge on any atom is -0.377 e. The van der Waals surface area contributed by atoms with Crippen LogP contribution in [0.1, 0.15) is 4.88 Å². The third kappa shape index (κ3) is 2.19. The van der Waals surface area contributed by atoms with Crippen molar-refractivity contribution in [3.05, 3.63) is 38.5 Å². The molecule has 0 unspecified atom stereocenters. The van der Waals surface area contributed by atoms with Crippen LogP contribution in [-0.2, 0) is 6.54 Å². The number of thiophene rings is 1. The van der Waals surface area contributed by atoms with Crippen LogP contribution < -0.4 is 5.32 Å². The Kier molecular flexibility index (Phi) is 3.39. The molecule has 0 aliphatic carbocycles.